The zero-order chi connectivity index (χ0) is 15.9. The van der Waals surface area contributed by atoms with Gasteiger partial charge in [-0.1, -0.05) is 11.6 Å². The molecule has 1 aromatic carbocycles. The Morgan fingerprint density at radius 2 is 1.95 bits per heavy atom. The van der Waals surface area contributed by atoms with Gasteiger partial charge in [-0.25, -0.2) is 0 Å². The highest BCUT2D eigenvalue weighted by Gasteiger charge is 2.13. The third-order valence-corrected chi connectivity index (χ3v) is 5.02. The molecular formula is C18H29ClN2O. The second-order valence-electron chi connectivity index (χ2n) is 6.09. The van der Waals surface area contributed by atoms with E-state index in [0.29, 0.717) is 6.61 Å². The molecule has 1 heterocycles. The van der Waals surface area contributed by atoms with Crippen LogP contribution in [-0.2, 0) is 6.42 Å². The minimum absolute atomic E-state index is 0.703. The lowest BCUT2D eigenvalue weighted by Gasteiger charge is -2.27. The summed E-state index contributed by atoms with van der Waals surface area (Å²) >= 11 is 6.42. The number of ether oxygens (including phenoxy) is 1. The zero-order valence-electron chi connectivity index (χ0n) is 14.2. The van der Waals surface area contributed by atoms with Crippen molar-refractivity contribution >= 4 is 11.6 Å². The number of nitrogens with one attached hydrogen (secondary N) is 1. The van der Waals surface area contributed by atoms with Crippen LogP contribution in [0.5, 0.6) is 5.75 Å². The van der Waals surface area contributed by atoms with E-state index in [1.165, 1.54) is 43.6 Å². The Balaban J connectivity index is 1.91. The molecule has 1 aromatic rings. The number of nitrogens with zero attached hydrogens (tertiary/aromatic N) is 1. The lowest BCUT2D eigenvalue weighted by molar-refractivity contribution is 0.236. The number of hydrogen-bond donors (Lipinski definition) is 1. The van der Waals surface area contributed by atoms with Gasteiger partial charge < -0.3 is 15.0 Å². The number of hydrogen-bond acceptors (Lipinski definition) is 3. The molecule has 0 aromatic heterocycles. The van der Waals surface area contributed by atoms with Gasteiger partial charge >= 0.3 is 0 Å². The fourth-order valence-corrected chi connectivity index (χ4v) is 3.30. The maximum Gasteiger partial charge on any atom is 0.123 e. The van der Waals surface area contributed by atoms with Gasteiger partial charge in [-0.3, -0.25) is 0 Å². The van der Waals surface area contributed by atoms with Crippen LogP contribution in [0.1, 0.15) is 36.5 Å². The number of halogens is 1. The summed E-state index contributed by atoms with van der Waals surface area (Å²) < 4.78 is 5.82. The van der Waals surface area contributed by atoms with E-state index in [4.69, 9.17) is 16.3 Å². The Morgan fingerprint density at radius 3 is 2.64 bits per heavy atom. The van der Waals surface area contributed by atoms with Crippen LogP contribution in [0.3, 0.4) is 0 Å². The van der Waals surface area contributed by atoms with Gasteiger partial charge in [0.2, 0.25) is 0 Å². The number of aryl methyl sites for hydroxylation is 1. The quantitative estimate of drug-likeness (QED) is 0.776. The van der Waals surface area contributed by atoms with Crippen LogP contribution < -0.4 is 10.1 Å². The summed E-state index contributed by atoms with van der Waals surface area (Å²) in [5.74, 6) is 1.02. The zero-order valence-corrected chi connectivity index (χ0v) is 14.9. The predicted molar refractivity (Wildman–Crippen MR) is 94.3 cm³/mol. The van der Waals surface area contributed by atoms with Crippen molar-refractivity contribution in [1.29, 1.82) is 0 Å². The summed E-state index contributed by atoms with van der Waals surface area (Å²) in [6.45, 7) is 12.7. The molecule has 0 unspecified atom stereocenters. The highest BCUT2D eigenvalue weighted by molar-refractivity contribution is 6.32. The molecule has 1 fully saturated rings. The monoisotopic (exact) mass is 324 g/mol. The summed E-state index contributed by atoms with van der Waals surface area (Å²) in [6.07, 6.45) is 3.47. The van der Waals surface area contributed by atoms with Crippen molar-refractivity contribution in [2.75, 3.05) is 39.3 Å². The Morgan fingerprint density at radius 1 is 1.23 bits per heavy atom. The molecule has 3 nitrogen and oxygen atoms in total. The normalized spacial score (nSPS) is 16.0. The summed E-state index contributed by atoms with van der Waals surface area (Å²) in [7, 11) is 0. The molecule has 0 atom stereocenters. The van der Waals surface area contributed by atoms with E-state index in [-0.39, 0.29) is 0 Å². The summed E-state index contributed by atoms with van der Waals surface area (Å²) in [4.78, 5) is 2.55. The molecule has 0 saturated carbocycles. The van der Waals surface area contributed by atoms with Crippen molar-refractivity contribution in [1.82, 2.24) is 10.2 Å². The fourth-order valence-electron chi connectivity index (χ4n) is 3.13. The van der Waals surface area contributed by atoms with Gasteiger partial charge in [-0.05, 0) is 69.3 Å². The van der Waals surface area contributed by atoms with Gasteiger partial charge in [0.05, 0.1) is 6.61 Å². The highest BCUT2D eigenvalue weighted by atomic mass is 35.5. The maximum absolute atomic E-state index is 6.42. The minimum Gasteiger partial charge on any atom is -0.494 e. The van der Waals surface area contributed by atoms with E-state index >= 15 is 0 Å². The molecule has 1 aliphatic rings. The average Bonchev–Trinajstić information content (AvgIpc) is 2.53. The first-order chi connectivity index (χ1) is 10.6. The first-order valence-corrected chi connectivity index (χ1v) is 8.85. The van der Waals surface area contributed by atoms with Crippen molar-refractivity contribution in [3.63, 3.8) is 0 Å². The predicted octanol–water partition coefficient (Wildman–Crippen LogP) is 3.58. The van der Waals surface area contributed by atoms with E-state index in [9.17, 15) is 0 Å². The van der Waals surface area contributed by atoms with Gasteiger partial charge in [-0.2, -0.15) is 0 Å². The second-order valence-corrected chi connectivity index (χ2v) is 6.47. The van der Waals surface area contributed by atoms with Gasteiger partial charge in [-0.15, -0.1) is 0 Å². The molecule has 2 rings (SSSR count). The van der Waals surface area contributed by atoms with Crippen LogP contribution in [0, 0.1) is 13.8 Å². The Hall–Kier alpha value is -0.770. The molecule has 0 spiro atoms. The molecule has 1 aliphatic heterocycles. The van der Waals surface area contributed by atoms with Crippen LogP contribution in [0.4, 0.5) is 0 Å². The first kappa shape index (κ1) is 17.6. The molecule has 4 heteroatoms. The summed E-state index contributed by atoms with van der Waals surface area (Å²) in [5, 5.41) is 4.29. The topological polar surface area (TPSA) is 24.5 Å². The third kappa shape index (κ3) is 4.61. The Bertz CT molecular complexity index is 484. The average molecular weight is 325 g/mol. The van der Waals surface area contributed by atoms with E-state index in [1.54, 1.807) is 0 Å². The molecule has 1 saturated heterocycles. The lowest BCUT2D eigenvalue weighted by atomic mass is 9.99. The van der Waals surface area contributed by atoms with Gasteiger partial charge in [0.15, 0.2) is 0 Å². The van der Waals surface area contributed by atoms with E-state index in [2.05, 4.69) is 23.2 Å². The molecular weight excluding hydrogens is 296 g/mol. The van der Waals surface area contributed by atoms with Crippen LogP contribution >= 0.6 is 11.6 Å². The van der Waals surface area contributed by atoms with E-state index in [0.717, 1.165) is 35.8 Å². The molecule has 22 heavy (non-hydrogen) atoms. The largest absolute Gasteiger partial charge is 0.494 e. The van der Waals surface area contributed by atoms with E-state index in [1.807, 2.05) is 13.8 Å². The minimum atomic E-state index is 0.703. The lowest BCUT2D eigenvalue weighted by Crippen LogP contribution is -2.43. The van der Waals surface area contributed by atoms with Crippen LogP contribution in [-0.4, -0.2) is 44.2 Å². The molecule has 1 N–H and O–H groups in total. The van der Waals surface area contributed by atoms with E-state index < -0.39 is 0 Å². The van der Waals surface area contributed by atoms with Crippen molar-refractivity contribution in [3.05, 3.63) is 27.8 Å². The Labute approximate surface area is 140 Å². The standard InChI is InChI=1S/C18H29ClN2O/c1-4-22-17-13-14(2)18(19)15(3)16(17)7-5-6-10-21-11-8-20-9-12-21/h13,20H,4-12H2,1-3H3. The maximum atomic E-state index is 6.42. The van der Waals surface area contributed by atoms with Crippen LogP contribution in [0.2, 0.25) is 5.02 Å². The molecule has 0 bridgehead atoms. The highest BCUT2D eigenvalue weighted by Crippen LogP contribution is 2.32. The number of piperazine rings is 1. The molecule has 0 aliphatic carbocycles. The summed E-state index contributed by atoms with van der Waals surface area (Å²) in [6, 6.07) is 2.09. The number of rotatable bonds is 7. The van der Waals surface area contributed by atoms with Crippen molar-refractivity contribution < 1.29 is 4.74 Å². The molecule has 0 amide bonds. The van der Waals surface area contributed by atoms with Gasteiger partial charge in [0, 0.05) is 31.2 Å². The smallest absolute Gasteiger partial charge is 0.123 e. The molecule has 124 valence electrons. The van der Waals surface area contributed by atoms with Gasteiger partial charge in [0.1, 0.15) is 5.75 Å². The Kier molecular flexibility index (Phi) is 7.00. The van der Waals surface area contributed by atoms with Crippen LogP contribution in [0.15, 0.2) is 6.07 Å². The summed E-state index contributed by atoms with van der Waals surface area (Å²) in [5.41, 5.74) is 3.58. The number of benzene rings is 1. The van der Waals surface area contributed by atoms with Crippen molar-refractivity contribution in [2.24, 2.45) is 0 Å². The van der Waals surface area contributed by atoms with Gasteiger partial charge in [0.25, 0.3) is 0 Å². The van der Waals surface area contributed by atoms with Crippen LogP contribution in [0.25, 0.3) is 0 Å². The third-order valence-electron chi connectivity index (χ3n) is 4.43. The van der Waals surface area contributed by atoms with Crippen molar-refractivity contribution in [2.45, 2.75) is 40.0 Å². The fraction of sp³-hybridized carbons (Fsp3) is 0.667. The number of unbranched alkanes of at least 4 members (excludes halogenated alkanes) is 1. The molecule has 0 radical (unpaired) electrons. The first-order valence-electron chi connectivity index (χ1n) is 8.48. The SMILES string of the molecule is CCOc1cc(C)c(Cl)c(C)c1CCCCN1CCNCC1. The second kappa shape index (κ2) is 8.76. The van der Waals surface area contributed by atoms with Crippen molar-refractivity contribution in [3.8, 4) is 5.75 Å².